The van der Waals surface area contributed by atoms with Crippen LogP contribution in [0, 0.1) is 0 Å². The Bertz CT molecular complexity index is 676. The summed E-state index contributed by atoms with van der Waals surface area (Å²) >= 11 is 12.3. The maximum absolute atomic E-state index is 12.1. The smallest absolute Gasteiger partial charge is 0.234 e. The Labute approximate surface area is 147 Å². The van der Waals surface area contributed by atoms with Crippen molar-refractivity contribution in [2.24, 2.45) is 0 Å². The number of amides is 1. The highest BCUT2D eigenvalue weighted by Gasteiger charge is 2.14. The summed E-state index contributed by atoms with van der Waals surface area (Å²) in [6.45, 7) is 4.10. The topological polar surface area (TPSA) is 41.1 Å². The Balaban J connectivity index is 1.88. The number of halogens is 2. The maximum Gasteiger partial charge on any atom is 0.234 e. The van der Waals surface area contributed by atoms with Gasteiger partial charge in [0.15, 0.2) is 0 Å². The first-order chi connectivity index (χ1) is 11.0. The Hall–Kier alpha value is -1.55. The fraction of sp³-hybridized carbons (Fsp3) is 0.278. The van der Waals surface area contributed by atoms with Gasteiger partial charge >= 0.3 is 0 Å². The Morgan fingerprint density at radius 2 is 1.39 bits per heavy atom. The van der Waals surface area contributed by atoms with Crippen LogP contribution in [0.2, 0.25) is 10.0 Å². The molecule has 122 valence electrons. The van der Waals surface area contributed by atoms with Crippen molar-refractivity contribution < 1.29 is 4.79 Å². The number of nitrogens with one attached hydrogen (secondary N) is 2. The molecular weight excluding hydrogens is 331 g/mol. The molecule has 1 amide bonds. The number of carbonyl (C=O) groups is 1. The summed E-state index contributed by atoms with van der Waals surface area (Å²) in [5.41, 5.74) is 1.88. The zero-order valence-electron chi connectivity index (χ0n) is 13.1. The van der Waals surface area contributed by atoms with Crippen LogP contribution in [0.25, 0.3) is 0 Å². The van der Waals surface area contributed by atoms with E-state index in [1.807, 2.05) is 62.4 Å². The normalized spacial score (nSPS) is 13.4. The molecule has 5 heteroatoms. The molecule has 2 unspecified atom stereocenters. The van der Waals surface area contributed by atoms with Gasteiger partial charge in [0.1, 0.15) is 0 Å². The minimum Gasteiger partial charge on any atom is -0.348 e. The lowest BCUT2D eigenvalue weighted by Gasteiger charge is -2.18. The summed E-state index contributed by atoms with van der Waals surface area (Å²) in [7, 11) is 0. The molecule has 3 nitrogen and oxygen atoms in total. The van der Waals surface area contributed by atoms with Gasteiger partial charge in [0.25, 0.3) is 0 Å². The molecule has 2 aromatic rings. The first-order valence-corrected chi connectivity index (χ1v) is 8.26. The summed E-state index contributed by atoms with van der Waals surface area (Å²) in [6, 6.07) is 15.0. The average Bonchev–Trinajstić information content (AvgIpc) is 2.53. The molecule has 2 rings (SSSR count). The molecule has 0 saturated carbocycles. The minimum atomic E-state index is -0.145. The van der Waals surface area contributed by atoms with Crippen molar-refractivity contribution in [3.63, 3.8) is 0 Å². The molecule has 2 aromatic carbocycles. The molecule has 0 aromatic heterocycles. The van der Waals surface area contributed by atoms with Gasteiger partial charge in [-0.05, 0) is 37.1 Å². The number of carbonyl (C=O) groups excluding carboxylic acids is 1. The lowest BCUT2D eigenvalue weighted by molar-refractivity contribution is -0.121. The highest BCUT2D eigenvalue weighted by molar-refractivity contribution is 6.31. The van der Waals surface area contributed by atoms with Crippen molar-refractivity contribution >= 4 is 29.1 Å². The van der Waals surface area contributed by atoms with Gasteiger partial charge < -0.3 is 10.6 Å². The van der Waals surface area contributed by atoms with Crippen LogP contribution in [-0.2, 0) is 4.79 Å². The van der Waals surface area contributed by atoms with Crippen molar-refractivity contribution in [1.82, 2.24) is 10.6 Å². The standard InChI is InChI=1S/C18H20Cl2N2O/c1-12(14-7-3-5-9-16(14)19)21-11-18(23)22-13(2)15-8-4-6-10-17(15)20/h3-10,12-13,21H,11H2,1-2H3,(H,22,23). The molecule has 23 heavy (non-hydrogen) atoms. The Morgan fingerprint density at radius 3 is 1.91 bits per heavy atom. The second-order valence-corrected chi connectivity index (χ2v) is 6.25. The summed E-state index contributed by atoms with van der Waals surface area (Å²) in [4.78, 5) is 12.1. The van der Waals surface area contributed by atoms with Gasteiger partial charge in [-0.3, -0.25) is 4.79 Å². The summed E-state index contributed by atoms with van der Waals surface area (Å²) in [6.07, 6.45) is 0. The first kappa shape index (κ1) is 17.8. The van der Waals surface area contributed by atoms with E-state index in [1.165, 1.54) is 0 Å². The van der Waals surface area contributed by atoms with E-state index in [4.69, 9.17) is 23.2 Å². The van der Waals surface area contributed by atoms with Crippen LogP contribution in [0.15, 0.2) is 48.5 Å². The second-order valence-electron chi connectivity index (χ2n) is 5.43. The summed E-state index contributed by atoms with van der Waals surface area (Å²) in [5, 5.41) is 7.46. The van der Waals surface area contributed by atoms with Crippen LogP contribution >= 0.6 is 23.2 Å². The molecular formula is C18H20Cl2N2O. The fourth-order valence-electron chi connectivity index (χ4n) is 2.38. The predicted molar refractivity (Wildman–Crippen MR) is 95.9 cm³/mol. The van der Waals surface area contributed by atoms with Gasteiger partial charge in [-0.2, -0.15) is 0 Å². The first-order valence-electron chi connectivity index (χ1n) is 7.50. The number of rotatable bonds is 6. The monoisotopic (exact) mass is 350 g/mol. The van der Waals surface area contributed by atoms with Crippen LogP contribution < -0.4 is 10.6 Å². The summed E-state index contributed by atoms with van der Waals surface area (Å²) < 4.78 is 0. The molecule has 0 bridgehead atoms. The van der Waals surface area contributed by atoms with Crippen molar-refractivity contribution in [3.05, 3.63) is 69.7 Å². The quantitative estimate of drug-likeness (QED) is 0.803. The lowest BCUT2D eigenvalue weighted by atomic mass is 10.1. The Kier molecular flexibility index (Phi) is 6.46. The molecule has 0 heterocycles. The van der Waals surface area contributed by atoms with Crippen molar-refractivity contribution in [2.75, 3.05) is 6.54 Å². The fourth-order valence-corrected chi connectivity index (χ4v) is 2.98. The molecule has 0 radical (unpaired) electrons. The van der Waals surface area contributed by atoms with E-state index in [-0.39, 0.29) is 24.5 Å². The van der Waals surface area contributed by atoms with Gasteiger partial charge in [-0.1, -0.05) is 59.6 Å². The lowest BCUT2D eigenvalue weighted by Crippen LogP contribution is -2.36. The zero-order chi connectivity index (χ0) is 16.8. The van der Waals surface area contributed by atoms with E-state index >= 15 is 0 Å². The van der Waals surface area contributed by atoms with E-state index in [9.17, 15) is 4.79 Å². The SMILES string of the molecule is CC(NCC(=O)NC(C)c1ccccc1Cl)c1ccccc1Cl. The third-order valence-corrected chi connectivity index (χ3v) is 4.38. The van der Waals surface area contributed by atoms with Gasteiger partial charge in [0.2, 0.25) is 5.91 Å². The van der Waals surface area contributed by atoms with E-state index < -0.39 is 0 Å². The number of hydrogen-bond acceptors (Lipinski definition) is 2. The molecule has 0 aliphatic carbocycles. The van der Waals surface area contributed by atoms with E-state index in [0.717, 1.165) is 11.1 Å². The average molecular weight is 351 g/mol. The molecule has 0 aliphatic rings. The van der Waals surface area contributed by atoms with Crippen LogP contribution in [0.4, 0.5) is 0 Å². The number of hydrogen-bond donors (Lipinski definition) is 2. The van der Waals surface area contributed by atoms with Gasteiger partial charge in [-0.25, -0.2) is 0 Å². The van der Waals surface area contributed by atoms with Crippen LogP contribution in [0.1, 0.15) is 37.1 Å². The second kappa shape index (κ2) is 8.34. The van der Waals surface area contributed by atoms with E-state index in [0.29, 0.717) is 10.0 Å². The largest absolute Gasteiger partial charge is 0.348 e. The number of benzene rings is 2. The molecule has 0 spiro atoms. The minimum absolute atomic E-state index is 0.00920. The summed E-state index contributed by atoms with van der Waals surface area (Å²) in [5.74, 6) is -0.0867. The van der Waals surface area contributed by atoms with Crippen molar-refractivity contribution in [2.45, 2.75) is 25.9 Å². The van der Waals surface area contributed by atoms with Gasteiger partial charge in [0, 0.05) is 16.1 Å². The van der Waals surface area contributed by atoms with Crippen LogP contribution in [-0.4, -0.2) is 12.5 Å². The third-order valence-electron chi connectivity index (χ3n) is 3.69. The Morgan fingerprint density at radius 1 is 0.913 bits per heavy atom. The highest BCUT2D eigenvalue weighted by atomic mass is 35.5. The third kappa shape index (κ3) is 4.96. The predicted octanol–water partition coefficient (Wildman–Crippen LogP) is 4.52. The molecule has 0 fully saturated rings. The van der Waals surface area contributed by atoms with Crippen molar-refractivity contribution in [3.8, 4) is 0 Å². The van der Waals surface area contributed by atoms with Gasteiger partial charge in [0.05, 0.1) is 12.6 Å². The molecule has 2 N–H and O–H groups in total. The maximum atomic E-state index is 12.1. The zero-order valence-corrected chi connectivity index (χ0v) is 14.7. The molecule has 0 aliphatic heterocycles. The van der Waals surface area contributed by atoms with Crippen LogP contribution in [0.5, 0.6) is 0 Å². The molecule has 0 saturated heterocycles. The van der Waals surface area contributed by atoms with E-state index in [2.05, 4.69) is 10.6 Å². The highest BCUT2D eigenvalue weighted by Crippen LogP contribution is 2.23. The van der Waals surface area contributed by atoms with Crippen LogP contribution in [0.3, 0.4) is 0 Å². The van der Waals surface area contributed by atoms with E-state index in [1.54, 1.807) is 0 Å². The van der Waals surface area contributed by atoms with Crippen molar-refractivity contribution in [1.29, 1.82) is 0 Å². The van der Waals surface area contributed by atoms with Gasteiger partial charge in [-0.15, -0.1) is 0 Å². The molecule has 2 atom stereocenters.